The first-order valence-corrected chi connectivity index (χ1v) is 4.38. The van der Waals surface area contributed by atoms with Gasteiger partial charge in [-0.15, -0.1) is 0 Å². The van der Waals surface area contributed by atoms with Crippen LogP contribution in [-0.2, 0) is 13.4 Å². The third-order valence-electron chi connectivity index (χ3n) is 0.200. The van der Waals surface area contributed by atoms with Gasteiger partial charge in [-0.25, -0.2) is 0 Å². The molecule has 0 saturated carbocycles. The molecule has 0 aromatic heterocycles. The van der Waals surface area contributed by atoms with E-state index in [0.717, 1.165) is 0 Å². The molecular weight excluding hydrogens is 351 g/mol. The Morgan fingerprint density at radius 3 is 1.09 bits per heavy atom. The van der Waals surface area contributed by atoms with E-state index in [1.54, 1.807) is 0 Å². The standard InChI is InChI=1S/Ba.Ca.H4O7P2/c;;1-8(2,3)7-9(4,5)6/h;;(H2,1,2,3)(H2,4,5,6)/q2*+2;/p-4. The second-order valence-corrected chi connectivity index (χ2v) is 3.42. The van der Waals surface area contributed by atoms with E-state index in [0.29, 0.717) is 0 Å². The molecule has 11 heteroatoms. The van der Waals surface area contributed by atoms with Gasteiger partial charge in [-0.3, -0.25) is 0 Å². The van der Waals surface area contributed by atoms with E-state index in [9.17, 15) is 28.7 Å². The quantitative estimate of drug-likeness (QED) is 0.364. The summed E-state index contributed by atoms with van der Waals surface area (Å²) in [7, 11) is -11.4. The van der Waals surface area contributed by atoms with Crippen LogP contribution in [0.25, 0.3) is 0 Å². The summed E-state index contributed by atoms with van der Waals surface area (Å²) >= 11 is 0. The number of rotatable bonds is 2. The number of phosphoric acid groups is 2. The molecule has 0 aliphatic carbocycles. The molecule has 0 aromatic rings. The Kier molecular flexibility index (Phi) is 13.2. The molecule has 0 aromatic carbocycles. The minimum atomic E-state index is -5.68. The van der Waals surface area contributed by atoms with Crippen molar-refractivity contribution in [1.82, 2.24) is 0 Å². The molecule has 0 aliphatic heterocycles. The average Bonchev–Trinajstić information content (AvgIpc) is 1.14. The van der Waals surface area contributed by atoms with Gasteiger partial charge in [0.05, 0.1) is 15.6 Å². The molecule has 0 amide bonds. The Morgan fingerprint density at radius 1 is 0.909 bits per heavy atom. The fraction of sp³-hybridized carbons (Fsp3) is 0. The van der Waals surface area contributed by atoms with Crippen LogP contribution in [0.4, 0.5) is 0 Å². The van der Waals surface area contributed by atoms with Crippen molar-refractivity contribution < 1.29 is 33.0 Å². The fourth-order valence-corrected chi connectivity index (χ4v) is 1.10. The topological polar surface area (TPSA) is 136 Å². The molecule has 7 nitrogen and oxygen atoms in total. The van der Waals surface area contributed by atoms with Gasteiger partial charge in [0.1, 0.15) is 0 Å². The van der Waals surface area contributed by atoms with E-state index in [1.165, 1.54) is 0 Å². The van der Waals surface area contributed by atoms with E-state index in [4.69, 9.17) is 0 Å². The van der Waals surface area contributed by atoms with Crippen molar-refractivity contribution in [3.8, 4) is 0 Å². The Morgan fingerprint density at radius 2 is 1.09 bits per heavy atom. The van der Waals surface area contributed by atoms with Crippen LogP contribution < -0.4 is 19.6 Å². The molecule has 0 saturated heterocycles. The van der Waals surface area contributed by atoms with Crippen LogP contribution >= 0.6 is 15.6 Å². The Hall–Kier alpha value is 3.09. The first kappa shape index (κ1) is 19.6. The first-order chi connectivity index (χ1) is 3.71. The monoisotopic (exact) mass is 352 g/mol. The van der Waals surface area contributed by atoms with Crippen LogP contribution in [0, 0.1) is 0 Å². The van der Waals surface area contributed by atoms with Gasteiger partial charge in [-0.05, 0) is 0 Å². The molecule has 0 spiro atoms. The third kappa shape index (κ3) is 19.5. The van der Waals surface area contributed by atoms with Crippen molar-refractivity contribution in [3.05, 3.63) is 0 Å². The summed E-state index contributed by atoms with van der Waals surface area (Å²) in [6.45, 7) is 0. The molecule has 0 unspecified atom stereocenters. The summed E-state index contributed by atoms with van der Waals surface area (Å²) in [4.78, 5) is 37.3. The van der Waals surface area contributed by atoms with Crippen LogP contribution in [0.5, 0.6) is 0 Å². The van der Waals surface area contributed by atoms with Gasteiger partial charge in [-0.1, -0.05) is 0 Å². The van der Waals surface area contributed by atoms with Gasteiger partial charge in [-0.2, -0.15) is 0 Å². The van der Waals surface area contributed by atoms with E-state index in [-0.39, 0.29) is 86.6 Å². The summed E-state index contributed by atoms with van der Waals surface area (Å²) in [5, 5.41) is 0. The van der Waals surface area contributed by atoms with Gasteiger partial charge in [0.25, 0.3) is 0 Å². The van der Waals surface area contributed by atoms with Crippen LogP contribution in [0.1, 0.15) is 0 Å². The summed E-state index contributed by atoms with van der Waals surface area (Å²) in [6.07, 6.45) is 0. The zero-order valence-corrected chi connectivity index (χ0v) is 13.6. The van der Waals surface area contributed by atoms with Crippen molar-refractivity contribution in [1.29, 1.82) is 0 Å². The summed E-state index contributed by atoms with van der Waals surface area (Å²) in [5.41, 5.74) is 0. The average molecular weight is 351 g/mol. The van der Waals surface area contributed by atoms with Crippen molar-refractivity contribution in [3.63, 3.8) is 0 Å². The van der Waals surface area contributed by atoms with Gasteiger partial charge in [0, 0.05) is 0 Å². The molecule has 0 radical (unpaired) electrons. The van der Waals surface area contributed by atoms with Gasteiger partial charge in [0.15, 0.2) is 0 Å². The van der Waals surface area contributed by atoms with Crippen LogP contribution in [-0.4, -0.2) is 86.6 Å². The SMILES string of the molecule is O=P([O-])([O-])OP(=O)([O-])[O-].[Ba+2].[Ca+2]. The van der Waals surface area contributed by atoms with Gasteiger partial charge < -0.3 is 33.0 Å². The second-order valence-electron chi connectivity index (χ2n) is 0.976. The molecule has 11 heavy (non-hydrogen) atoms. The largest absolute Gasteiger partial charge is 2.00 e. The summed E-state index contributed by atoms with van der Waals surface area (Å²) in [6, 6.07) is 0. The maximum atomic E-state index is 9.32. The molecule has 0 heterocycles. The number of hydrogen-bond acceptors (Lipinski definition) is 7. The van der Waals surface area contributed by atoms with Crippen molar-refractivity contribution in [2.45, 2.75) is 0 Å². The van der Waals surface area contributed by atoms with Crippen molar-refractivity contribution in [2.24, 2.45) is 0 Å². The summed E-state index contributed by atoms with van der Waals surface area (Å²) in [5.74, 6) is 0. The molecule has 0 atom stereocenters. The molecule has 0 fully saturated rings. The first-order valence-electron chi connectivity index (χ1n) is 1.46. The molecule has 0 N–H and O–H groups in total. The maximum absolute atomic E-state index is 9.32. The smallest absolute Gasteiger partial charge is 0.790 e. The fourth-order valence-electron chi connectivity index (χ4n) is 0.122. The van der Waals surface area contributed by atoms with Crippen molar-refractivity contribution >= 4 is 102 Å². The van der Waals surface area contributed by atoms with Gasteiger partial charge in [0.2, 0.25) is 0 Å². The van der Waals surface area contributed by atoms with Crippen LogP contribution in [0.15, 0.2) is 0 Å². The predicted molar refractivity (Wildman–Crippen MR) is 27.8 cm³/mol. The van der Waals surface area contributed by atoms with E-state index in [2.05, 4.69) is 4.31 Å². The third-order valence-corrected chi connectivity index (χ3v) is 1.80. The predicted octanol–water partition coefficient (Wildman–Crippen LogP) is -4.10. The van der Waals surface area contributed by atoms with E-state index >= 15 is 0 Å². The zero-order chi connectivity index (χ0) is 7.71. The Bertz CT molecular complexity index is 157. The summed E-state index contributed by atoms with van der Waals surface area (Å²) < 4.78 is 21.2. The molecule has 56 valence electrons. The molecule has 0 bridgehead atoms. The Balaban J connectivity index is -0.000000320. The van der Waals surface area contributed by atoms with E-state index < -0.39 is 15.6 Å². The molecular formula is BaCaO7P2. The maximum Gasteiger partial charge on any atom is 2.00 e. The van der Waals surface area contributed by atoms with Gasteiger partial charge >= 0.3 is 86.6 Å². The van der Waals surface area contributed by atoms with Crippen molar-refractivity contribution in [2.75, 3.05) is 0 Å². The zero-order valence-electron chi connectivity index (χ0n) is 5.17. The Labute approximate surface area is 132 Å². The van der Waals surface area contributed by atoms with Crippen LogP contribution in [0.3, 0.4) is 0 Å². The second kappa shape index (κ2) is 7.39. The minimum Gasteiger partial charge on any atom is -0.790 e. The minimum absolute atomic E-state index is 0. The molecule has 0 aliphatic rings. The number of hydrogen-bond donors (Lipinski definition) is 0. The normalized spacial score (nSPS) is 11.3. The molecule has 0 rings (SSSR count). The van der Waals surface area contributed by atoms with Crippen LogP contribution in [0.2, 0.25) is 0 Å². The van der Waals surface area contributed by atoms with E-state index in [1.807, 2.05) is 0 Å².